The fourth-order valence-electron chi connectivity index (χ4n) is 2.85. The average molecular weight is 340 g/mol. The minimum Gasteiger partial charge on any atom is -0.497 e. The maximum Gasteiger partial charge on any atom is 0.272 e. The van der Waals surface area contributed by atoms with E-state index in [9.17, 15) is 4.79 Å². The first-order chi connectivity index (χ1) is 11.7. The second-order valence-electron chi connectivity index (χ2n) is 5.45. The van der Waals surface area contributed by atoms with Crippen molar-refractivity contribution in [3.05, 3.63) is 64.0 Å². The lowest BCUT2D eigenvalue weighted by molar-refractivity contribution is 0.415. The van der Waals surface area contributed by atoms with Crippen LogP contribution in [0.3, 0.4) is 0 Å². The first-order valence-corrected chi connectivity index (χ1v) is 7.77. The van der Waals surface area contributed by atoms with E-state index in [2.05, 4.69) is 15.3 Å². The number of anilines is 2. The first kappa shape index (κ1) is 14.7. The lowest BCUT2D eigenvalue weighted by Crippen LogP contribution is -2.06. The quantitative estimate of drug-likeness (QED) is 0.517. The van der Waals surface area contributed by atoms with Crippen molar-refractivity contribution in [3.63, 3.8) is 0 Å². The van der Waals surface area contributed by atoms with Gasteiger partial charge in [-0.1, -0.05) is 17.7 Å². The molecule has 4 rings (SSSR count). The molecule has 5 nitrogen and oxygen atoms in total. The van der Waals surface area contributed by atoms with Gasteiger partial charge < -0.3 is 20.0 Å². The molecule has 4 aromatic rings. The number of methoxy groups -OCH3 is 1. The van der Waals surface area contributed by atoms with E-state index in [4.69, 9.17) is 16.3 Å². The van der Waals surface area contributed by atoms with Gasteiger partial charge in [0.1, 0.15) is 11.3 Å². The molecule has 2 aromatic carbocycles. The smallest absolute Gasteiger partial charge is 0.272 e. The Labute approximate surface area is 142 Å². The van der Waals surface area contributed by atoms with Crippen LogP contribution in [0.1, 0.15) is 0 Å². The minimum atomic E-state index is -0.170. The van der Waals surface area contributed by atoms with Gasteiger partial charge in [0.05, 0.1) is 12.8 Å². The van der Waals surface area contributed by atoms with Crippen LogP contribution in [0.4, 0.5) is 11.4 Å². The number of pyridine rings is 1. The molecule has 2 heterocycles. The van der Waals surface area contributed by atoms with Gasteiger partial charge in [-0.25, -0.2) is 0 Å². The zero-order chi connectivity index (χ0) is 16.7. The second-order valence-corrected chi connectivity index (χ2v) is 5.89. The standard InChI is InChI=1S/C18H14ClN3O2/c1-24-12-5-6-14-13(8-12)16-15(9-20-18(23)17(16)22-14)21-11-4-2-3-10(19)7-11/h2-9,21-22H,1H3,(H,20,23). The summed E-state index contributed by atoms with van der Waals surface area (Å²) >= 11 is 6.05. The van der Waals surface area contributed by atoms with Gasteiger partial charge in [0.15, 0.2) is 0 Å². The van der Waals surface area contributed by atoms with Crippen LogP contribution in [0.5, 0.6) is 5.75 Å². The third kappa shape index (κ3) is 2.39. The number of H-pyrrole nitrogens is 2. The summed E-state index contributed by atoms with van der Waals surface area (Å²) in [7, 11) is 1.62. The highest BCUT2D eigenvalue weighted by atomic mass is 35.5. The molecule has 0 aliphatic carbocycles. The molecule has 0 spiro atoms. The summed E-state index contributed by atoms with van der Waals surface area (Å²) in [5.74, 6) is 0.734. The van der Waals surface area contributed by atoms with Crippen molar-refractivity contribution < 1.29 is 4.74 Å². The molecule has 0 unspecified atom stereocenters. The maximum absolute atomic E-state index is 12.2. The molecular weight excluding hydrogens is 326 g/mol. The third-order valence-corrected chi connectivity index (χ3v) is 4.19. The molecule has 0 bridgehead atoms. The Morgan fingerprint density at radius 1 is 1.17 bits per heavy atom. The number of rotatable bonds is 3. The van der Waals surface area contributed by atoms with Gasteiger partial charge in [-0.3, -0.25) is 4.79 Å². The van der Waals surface area contributed by atoms with Crippen molar-refractivity contribution in [2.45, 2.75) is 0 Å². The van der Waals surface area contributed by atoms with Gasteiger partial charge in [-0.2, -0.15) is 0 Å². The lowest BCUT2D eigenvalue weighted by atomic mass is 10.1. The Balaban J connectivity index is 1.97. The van der Waals surface area contributed by atoms with Crippen molar-refractivity contribution in [1.29, 1.82) is 0 Å². The van der Waals surface area contributed by atoms with Gasteiger partial charge in [-0.15, -0.1) is 0 Å². The molecule has 0 aliphatic heterocycles. The zero-order valence-corrected chi connectivity index (χ0v) is 13.6. The number of aromatic amines is 2. The first-order valence-electron chi connectivity index (χ1n) is 7.39. The van der Waals surface area contributed by atoms with Crippen molar-refractivity contribution in [3.8, 4) is 5.75 Å². The molecule has 0 amide bonds. The van der Waals surface area contributed by atoms with Crippen LogP contribution in [-0.4, -0.2) is 17.1 Å². The monoisotopic (exact) mass is 339 g/mol. The van der Waals surface area contributed by atoms with Crippen molar-refractivity contribution in [2.24, 2.45) is 0 Å². The number of hydrogen-bond acceptors (Lipinski definition) is 3. The molecule has 0 saturated heterocycles. The summed E-state index contributed by atoms with van der Waals surface area (Å²) in [6, 6.07) is 13.1. The maximum atomic E-state index is 12.2. The van der Waals surface area contributed by atoms with Crippen LogP contribution < -0.4 is 15.6 Å². The molecule has 2 aromatic heterocycles. The van der Waals surface area contributed by atoms with Crippen LogP contribution in [0.25, 0.3) is 21.8 Å². The van der Waals surface area contributed by atoms with E-state index in [1.54, 1.807) is 13.3 Å². The highest BCUT2D eigenvalue weighted by Crippen LogP contribution is 2.33. The Kier molecular flexibility index (Phi) is 3.43. The van der Waals surface area contributed by atoms with E-state index in [0.717, 1.165) is 33.4 Å². The Morgan fingerprint density at radius 3 is 2.83 bits per heavy atom. The third-order valence-electron chi connectivity index (χ3n) is 3.95. The summed E-state index contributed by atoms with van der Waals surface area (Å²) in [5.41, 5.74) is 2.85. The summed E-state index contributed by atoms with van der Waals surface area (Å²) in [4.78, 5) is 18.1. The fourth-order valence-corrected chi connectivity index (χ4v) is 3.04. The predicted octanol–water partition coefficient (Wildman–Crippen LogP) is 4.42. The van der Waals surface area contributed by atoms with Crippen molar-refractivity contribution in [2.75, 3.05) is 12.4 Å². The molecule has 0 atom stereocenters. The summed E-state index contributed by atoms with van der Waals surface area (Å²) in [5, 5.41) is 5.68. The molecule has 3 N–H and O–H groups in total. The Bertz CT molecular complexity index is 1110. The number of nitrogens with one attached hydrogen (secondary N) is 3. The van der Waals surface area contributed by atoms with Gasteiger partial charge in [0.25, 0.3) is 5.56 Å². The van der Waals surface area contributed by atoms with E-state index in [1.807, 2.05) is 42.5 Å². The molecule has 24 heavy (non-hydrogen) atoms. The fraction of sp³-hybridized carbons (Fsp3) is 0.0556. The van der Waals surface area contributed by atoms with Crippen molar-refractivity contribution >= 4 is 44.8 Å². The van der Waals surface area contributed by atoms with Crippen LogP contribution in [0.2, 0.25) is 5.02 Å². The Hall–Kier alpha value is -2.92. The van der Waals surface area contributed by atoms with Crippen LogP contribution in [0, 0.1) is 0 Å². The SMILES string of the molecule is COc1ccc2[nH]c3c(=O)[nH]cc(Nc4cccc(Cl)c4)c3c2c1. The lowest BCUT2D eigenvalue weighted by Gasteiger charge is -2.08. The van der Waals surface area contributed by atoms with E-state index >= 15 is 0 Å². The van der Waals surface area contributed by atoms with Crippen LogP contribution in [-0.2, 0) is 0 Å². The number of halogens is 1. The van der Waals surface area contributed by atoms with E-state index in [-0.39, 0.29) is 5.56 Å². The van der Waals surface area contributed by atoms with Gasteiger partial charge >= 0.3 is 0 Å². The van der Waals surface area contributed by atoms with Crippen LogP contribution in [0.15, 0.2) is 53.5 Å². The van der Waals surface area contributed by atoms with Gasteiger partial charge in [-0.05, 0) is 36.4 Å². The zero-order valence-electron chi connectivity index (χ0n) is 12.8. The number of aromatic nitrogens is 2. The van der Waals surface area contributed by atoms with Gasteiger partial charge in [0, 0.05) is 33.2 Å². The number of hydrogen-bond donors (Lipinski definition) is 3. The van der Waals surface area contributed by atoms with E-state index < -0.39 is 0 Å². The topological polar surface area (TPSA) is 69.9 Å². The predicted molar refractivity (Wildman–Crippen MR) is 97.7 cm³/mol. The summed E-state index contributed by atoms with van der Waals surface area (Å²) in [6.45, 7) is 0. The number of benzene rings is 2. The number of fused-ring (bicyclic) bond motifs is 3. The second kappa shape index (κ2) is 5.62. The molecule has 6 heteroatoms. The van der Waals surface area contributed by atoms with E-state index in [0.29, 0.717) is 10.5 Å². The molecule has 0 radical (unpaired) electrons. The number of ether oxygens (including phenoxy) is 1. The molecular formula is C18H14ClN3O2. The van der Waals surface area contributed by atoms with E-state index in [1.165, 1.54) is 0 Å². The molecule has 120 valence electrons. The van der Waals surface area contributed by atoms with Crippen LogP contribution >= 0.6 is 11.6 Å². The highest BCUT2D eigenvalue weighted by Gasteiger charge is 2.13. The highest BCUT2D eigenvalue weighted by molar-refractivity contribution is 6.30. The van der Waals surface area contributed by atoms with Gasteiger partial charge in [0.2, 0.25) is 0 Å². The molecule has 0 saturated carbocycles. The average Bonchev–Trinajstić information content (AvgIpc) is 2.97. The minimum absolute atomic E-state index is 0.170. The largest absolute Gasteiger partial charge is 0.497 e. The summed E-state index contributed by atoms with van der Waals surface area (Å²) < 4.78 is 5.31. The normalized spacial score (nSPS) is 11.1. The molecule has 0 aliphatic rings. The van der Waals surface area contributed by atoms with Crippen molar-refractivity contribution in [1.82, 2.24) is 9.97 Å². The Morgan fingerprint density at radius 2 is 2.04 bits per heavy atom. The molecule has 0 fully saturated rings. The summed E-state index contributed by atoms with van der Waals surface area (Å²) in [6.07, 6.45) is 1.67.